The van der Waals surface area contributed by atoms with E-state index in [0.29, 0.717) is 13.1 Å². The Morgan fingerprint density at radius 3 is 2.76 bits per heavy atom. The van der Waals surface area contributed by atoms with E-state index in [4.69, 9.17) is 0 Å². The molecule has 1 atom stereocenters. The molecule has 2 N–H and O–H groups in total. The number of aliphatic hydroxyl groups is 1. The van der Waals surface area contributed by atoms with Crippen molar-refractivity contribution in [2.75, 3.05) is 6.54 Å². The second-order valence-corrected chi connectivity index (χ2v) is 5.09. The summed E-state index contributed by atoms with van der Waals surface area (Å²) in [5.74, 6) is 0.725. The van der Waals surface area contributed by atoms with Gasteiger partial charge in [-0.05, 0) is 22.4 Å². The normalized spacial score (nSPS) is 12.7. The second kappa shape index (κ2) is 6.03. The molecule has 1 heterocycles. The van der Waals surface area contributed by atoms with Crippen LogP contribution < -0.4 is 5.32 Å². The molecule has 5 nitrogen and oxygen atoms in total. The van der Waals surface area contributed by atoms with Gasteiger partial charge in [0.2, 0.25) is 0 Å². The summed E-state index contributed by atoms with van der Waals surface area (Å²) in [7, 11) is 1.83. The average Bonchev–Trinajstić information content (AvgIpc) is 2.92. The van der Waals surface area contributed by atoms with E-state index in [1.165, 1.54) is 5.39 Å². The van der Waals surface area contributed by atoms with E-state index in [1.807, 2.05) is 37.4 Å². The van der Waals surface area contributed by atoms with Crippen LogP contribution in [0.5, 0.6) is 0 Å². The predicted molar refractivity (Wildman–Crippen MR) is 81.6 cm³/mol. The van der Waals surface area contributed by atoms with Crippen LogP contribution in [0, 0.1) is 0 Å². The van der Waals surface area contributed by atoms with E-state index >= 15 is 0 Å². The van der Waals surface area contributed by atoms with Gasteiger partial charge in [-0.3, -0.25) is 4.68 Å². The summed E-state index contributed by atoms with van der Waals surface area (Å²) in [4.78, 5) is 4.13. The number of nitrogens with zero attached hydrogens (tertiary/aromatic N) is 3. The van der Waals surface area contributed by atoms with E-state index in [1.54, 1.807) is 11.0 Å². The molecule has 0 aliphatic rings. The standard InChI is InChI=1S/C16H18N4O/c1-20-11-18-16(19-20)10-17-9-15(21)14-7-6-12-4-2-3-5-13(12)8-14/h2-8,11,15,17,21H,9-10H2,1H3. The van der Waals surface area contributed by atoms with Crippen LogP contribution in [0.1, 0.15) is 17.5 Å². The van der Waals surface area contributed by atoms with Crippen molar-refractivity contribution >= 4 is 10.8 Å². The minimum Gasteiger partial charge on any atom is -0.387 e. The number of hydrogen-bond acceptors (Lipinski definition) is 4. The Morgan fingerprint density at radius 1 is 1.19 bits per heavy atom. The fraction of sp³-hybridized carbons (Fsp3) is 0.250. The van der Waals surface area contributed by atoms with Crippen LogP contribution in [-0.4, -0.2) is 26.4 Å². The van der Waals surface area contributed by atoms with Crippen molar-refractivity contribution in [3.8, 4) is 0 Å². The van der Waals surface area contributed by atoms with Gasteiger partial charge in [0.05, 0.1) is 12.6 Å². The van der Waals surface area contributed by atoms with Gasteiger partial charge in [-0.1, -0.05) is 36.4 Å². The number of nitrogens with one attached hydrogen (secondary N) is 1. The van der Waals surface area contributed by atoms with E-state index < -0.39 is 6.10 Å². The zero-order valence-electron chi connectivity index (χ0n) is 11.9. The summed E-state index contributed by atoms with van der Waals surface area (Å²) >= 11 is 0. The maximum absolute atomic E-state index is 10.3. The lowest BCUT2D eigenvalue weighted by atomic mass is 10.0. The highest BCUT2D eigenvalue weighted by Gasteiger charge is 2.08. The number of fused-ring (bicyclic) bond motifs is 1. The fourth-order valence-electron chi connectivity index (χ4n) is 2.32. The monoisotopic (exact) mass is 282 g/mol. The van der Waals surface area contributed by atoms with E-state index in [-0.39, 0.29) is 0 Å². The molecule has 0 saturated carbocycles. The summed E-state index contributed by atoms with van der Waals surface area (Å²) in [6.45, 7) is 1.02. The van der Waals surface area contributed by atoms with Crippen LogP contribution in [0.4, 0.5) is 0 Å². The van der Waals surface area contributed by atoms with Gasteiger partial charge in [0.15, 0.2) is 5.82 Å². The molecule has 0 amide bonds. The molecule has 0 spiro atoms. The van der Waals surface area contributed by atoms with Crippen LogP contribution in [0.2, 0.25) is 0 Å². The van der Waals surface area contributed by atoms with Crippen LogP contribution in [0.25, 0.3) is 10.8 Å². The van der Waals surface area contributed by atoms with Crippen LogP contribution in [0.15, 0.2) is 48.8 Å². The Kier molecular flexibility index (Phi) is 3.94. The number of aromatic nitrogens is 3. The van der Waals surface area contributed by atoms with Crippen molar-refractivity contribution in [2.45, 2.75) is 12.6 Å². The van der Waals surface area contributed by atoms with Gasteiger partial charge in [0.1, 0.15) is 6.33 Å². The summed E-state index contributed by atoms with van der Waals surface area (Å²) < 4.78 is 1.66. The van der Waals surface area contributed by atoms with E-state index in [0.717, 1.165) is 16.8 Å². The summed E-state index contributed by atoms with van der Waals surface area (Å²) in [5.41, 5.74) is 0.912. The van der Waals surface area contributed by atoms with Crippen molar-refractivity contribution in [1.82, 2.24) is 20.1 Å². The molecular weight excluding hydrogens is 264 g/mol. The molecule has 0 radical (unpaired) electrons. The minimum absolute atomic E-state index is 0.469. The Labute approximate surface area is 123 Å². The maximum atomic E-state index is 10.3. The summed E-state index contributed by atoms with van der Waals surface area (Å²) in [6, 6.07) is 14.2. The molecule has 1 unspecified atom stereocenters. The molecule has 0 bridgehead atoms. The van der Waals surface area contributed by atoms with Gasteiger partial charge in [-0.2, -0.15) is 5.10 Å². The largest absolute Gasteiger partial charge is 0.387 e. The number of benzene rings is 2. The zero-order chi connectivity index (χ0) is 14.7. The predicted octanol–water partition coefficient (Wildman–Crippen LogP) is 1.79. The Balaban J connectivity index is 1.62. The fourth-order valence-corrected chi connectivity index (χ4v) is 2.32. The first-order valence-corrected chi connectivity index (χ1v) is 6.94. The van der Waals surface area contributed by atoms with Gasteiger partial charge in [-0.15, -0.1) is 0 Å². The molecule has 5 heteroatoms. The molecule has 0 fully saturated rings. The van der Waals surface area contributed by atoms with Crippen molar-refractivity contribution in [1.29, 1.82) is 0 Å². The number of hydrogen-bond donors (Lipinski definition) is 2. The van der Waals surface area contributed by atoms with Crippen LogP contribution in [-0.2, 0) is 13.6 Å². The highest BCUT2D eigenvalue weighted by atomic mass is 16.3. The first kappa shape index (κ1) is 13.7. The third kappa shape index (κ3) is 3.26. The number of aliphatic hydroxyl groups excluding tert-OH is 1. The molecule has 108 valence electrons. The summed E-state index contributed by atoms with van der Waals surface area (Å²) in [6.07, 6.45) is 1.12. The minimum atomic E-state index is -0.543. The second-order valence-electron chi connectivity index (χ2n) is 5.09. The van der Waals surface area contributed by atoms with E-state index in [2.05, 4.69) is 27.5 Å². The molecule has 3 aromatic rings. The van der Waals surface area contributed by atoms with Gasteiger partial charge in [-0.25, -0.2) is 4.98 Å². The molecule has 0 aliphatic heterocycles. The molecule has 2 aromatic carbocycles. The van der Waals surface area contributed by atoms with Crippen molar-refractivity contribution in [2.24, 2.45) is 7.05 Å². The lowest BCUT2D eigenvalue weighted by molar-refractivity contribution is 0.174. The van der Waals surface area contributed by atoms with Crippen molar-refractivity contribution in [3.05, 3.63) is 60.2 Å². The first-order chi connectivity index (χ1) is 10.2. The van der Waals surface area contributed by atoms with Crippen LogP contribution >= 0.6 is 0 Å². The zero-order valence-corrected chi connectivity index (χ0v) is 11.9. The topological polar surface area (TPSA) is 63.0 Å². The van der Waals surface area contributed by atoms with Gasteiger partial charge in [0, 0.05) is 13.6 Å². The lowest BCUT2D eigenvalue weighted by Gasteiger charge is -2.12. The lowest BCUT2D eigenvalue weighted by Crippen LogP contribution is -2.21. The molecule has 3 rings (SSSR count). The average molecular weight is 282 g/mol. The van der Waals surface area contributed by atoms with Crippen molar-refractivity contribution in [3.63, 3.8) is 0 Å². The molecule has 21 heavy (non-hydrogen) atoms. The van der Waals surface area contributed by atoms with Crippen LogP contribution in [0.3, 0.4) is 0 Å². The maximum Gasteiger partial charge on any atom is 0.164 e. The quantitative estimate of drug-likeness (QED) is 0.749. The molecular formula is C16H18N4O. The molecule has 0 aliphatic carbocycles. The highest BCUT2D eigenvalue weighted by molar-refractivity contribution is 5.83. The Morgan fingerprint density at radius 2 is 2.00 bits per heavy atom. The number of aryl methyl sites for hydroxylation is 1. The molecule has 0 saturated heterocycles. The highest BCUT2D eigenvalue weighted by Crippen LogP contribution is 2.20. The third-order valence-electron chi connectivity index (χ3n) is 3.43. The number of rotatable bonds is 5. The first-order valence-electron chi connectivity index (χ1n) is 6.94. The molecule has 1 aromatic heterocycles. The van der Waals surface area contributed by atoms with Gasteiger partial charge >= 0.3 is 0 Å². The summed E-state index contributed by atoms with van der Waals surface area (Å²) in [5, 5.41) is 19.9. The SMILES string of the molecule is Cn1cnc(CNCC(O)c2ccc3ccccc3c2)n1. The van der Waals surface area contributed by atoms with Crippen molar-refractivity contribution < 1.29 is 5.11 Å². The smallest absolute Gasteiger partial charge is 0.164 e. The van der Waals surface area contributed by atoms with Gasteiger partial charge < -0.3 is 10.4 Å². The Hall–Kier alpha value is -2.24. The van der Waals surface area contributed by atoms with E-state index in [9.17, 15) is 5.11 Å². The third-order valence-corrected chi connectivity index (χ3v) is 3.43. The Bertz CT molecular complexity index is 738. The van der Waals surface area contributed by atoms with Gasteiger partial charge in [0.25, 0.3) is 0 Å².